The maximum absolute atomic E-state index is 13.4. The summed E-state index contributed by atoms with van der Waals surface area (Å²) in [6, 6.07) is 9.67. The average Bonchev–Trinajstić information content (AvgIpc) is 3.10. The standard InChI is InChI=1S/C17H12F4N6/c18-13-15(14(19)17(21)23-16(13)20)25-22-8-4-7-12-10-27(26-24-12)9-11-5-2-1-3-6-11/h1-8,10H,9H2,(H,23,25)/b7-4+,22-8-. The van der Waals surface area contributed by atoms with E-state index in [-0.39, 0.29) is 0 Å². The van der Waals surface area contributed by atoms with E-state index >= 15 is 0 Å². The highest BCUT2D eigenvalue weighted by atomic mass is 19.2. The second-order valence-corrected chi connectivity index (χ2v) is 5.27. The second kappa shape index (κ2) is 8.21. The summed E-state index contributed by atoms with van der Waals surface area (Å²) in [6.45, 7) is 0.551. The van der Waals surface area contributed by atoms with E-state index in [0.717, 1.165) is 11.8 Å². The Balaban J connectivity index is 1.60. The van der Waals surface area contributed by atoms with E-state index in [9.17, 15) is 17.6 Å². The Bertz CT molecular complexity index is 958. The molecule has 0 bridgehead atoms. The van der Waals surface area contributed by atoms with Crippen molar-refractivity contribution in [3.05, 3.63) is 77.4 Å². The van der Waals surface area contributed by atoms with Crippen LogP contribution in [0.3, 0.4) is 0 Å². The van der Waals surface area contributed by atoms with Gasteiger partial charge in [0.15, 0.2) is 0 Å². The van der Waals surface area contributed by atoms with Crippen molar-refractivity contribution in [3.8, 4) is 0 Å². The van der Waals surface area contributed by atoms with E-state index in [0.29, 0.717) is 12.2 Å². The van der Waals surface area contributed by atoms with Crippen molar-refractivity contribution in [2.24, 2.45) is 5.10 Å². The molecule has 27 heavy (non-hydrogen) atoms. The molecule has 0 aliphatic rings. The fourth-order valence-electron chi connectivity index (χ4n) is 2.11. The number of nitrogens with zero attached hydrogens (tertiary/aromatic N) is 5. The molecule has 2 heterocycles. The summed E-state index contributed by atoms with van der Waals surface area (Å²) in [6.07, 6.45) is 5.77. The number of benzene rings is 1. The summed E-state index contributed by atoms with van der Waals surface area (Å²) in [4.78, 5) is 2.44. The molecule has 6 nitrogen and oxygen atoms in total. The molecule has 0 aliphatic carbocycles. The zero-order valence-corrected chi connectivity index (χ0v) is 13.7. The van der Waals surface area contributed by atoms with Crippen LogP contribution >= 0.6 is 0 Å². The molecular weight excluding hydrogens is 364 g/mol. The molecule has 0 unspecified atom stereocenters. The normalized spacial score (nSPS) is 11.6. The first kappa shape index (κ1) is 18.2. The predicted octanol–water partition coefficient (Wildman–Crippen LogP) is 3.39. The van der Waals surface area contributed by atoms with Crippen molar-refractivity contribution in [3.63, 3.8) is 0 Å². The van der Waals surface area contributed by atoms with Gasteiger partial charge in [-0.05, 0) is 17.7 Å². The number of anilines is 1. The van der Waals surface area contributed by atoms with Gasteiger partial charge < -0.3 is 0 Å². The van der Waals surface area contributed by atoms with Crippen LogP contribution in [-0.2, 0) is 6.54 Å². The van der Waals surface area contributed by atoms with E-state index in [1.54, 1.807) is 17.0 Å². The van der Waals surface area contributed by atoms with Crippen molar-refractivity contribution in [1.82, 2.24) is 20.0 Å². The Morgan fingerprint density at radius 2 is 1.74 bits per heavy atom. The first-order valence-corrected chi connectivity index (χ1v) is 7.64. The third kappa shape index (κ3) is 4.54. The molecule has 3 rings (SSSR count). The summed E-state index contributed by atoms with van der Waals surface area (Å²) >= 11 is 0. The SMILES string of the molecule is Fc1nc(F)c(F)c(N/N=C\C=C\c2cn(Cc3ccccc3)nn2)c1F. The van der Waals surface area contributed by atoms with Crippen molar-refractivity contribution in [2.45, 2.75) is 6.54 Å². The minimum atomic E-state index is -1.77. The minimum Gasteiger partial charge on any atom is -0.272 e. The molecule has 2 aromatic heterocycles. The lowest BCUT2D eigenvalue weighted by molar-refractivity contribution is 0.411. The van der Waals surface area contributed by atoms with Gasteiger partial charge in [-0.2, -0.15) is 27.6 Å². The van der Waals surface area contributed by atoms with Gasteiger partial charge in [-0.15, -0.1) is 5.10 Å². The topological polar surface area (TPSA) is 68.0 Å². The quantitative estimate of drug-likeness (QED) is 0.310. The second-order valence-electron chi connectivity index (χ2n) is 5.27. The third-order valence-electron chi connectivity index (χ3n) is 3.35. The smallest absolute Gasteiger partial charge is 0.254 e. The molecule has 0 atom stereocenters. The molecule has 0 radical (unpaired) electrons. The number of hydrogen-bond acceptors (Lipinski definition) is 5. The zero-order chi connectivity index (χ0) is 19.2. The number of rotatable bonds is 6. The fraction of sp³-hybridized carbons (Fsp3) is 0.0588. The first-order chi connectivity index (χ1) is 13.0. The number of allylic oxidation sites excluding steroid dienone is 1. The van der Waals surface area contributed by atoms with Gasteiger partial charge in [0.1, 0.15) is 11.4 Å². The van der Waals surface area contributed by atoms with Crippen molar-refractivity contribution in [2.75, 3.05) is 5.43 Å². The first-order valence-electron chi connectivity index (χ1n) is 7.64. The molecule has 1 aromatic carbocycles. The lowest BCUT2D eigenvalue weighted by Crippen LogP contribution is -2.05. The van der Waals surface area contributed by atoms with Gasteiger partial charge in [0.25, 0.3) is 11.9 Å². The highest BCUT2D eigenvalue weighted by Gasteiger charge is 2.20. The number of nitrogens with one attached hydrogen (secondary N) is 1. The van der Waals surface area contributed by atoms with Crippen LogP contribution in [0, 0.1) is 23.5 Å². The van der Waals surface area contributed by atoms with E-state index in [2.05, 4.69) is 20.4 Å². The molecule has 138 valence electrons. The summed E-state index contributed by atoms with van der Waals surface area (Å²) in [5, 5.41) is 11.4. The maximum Gasteiger partial charge on any atom is 0.254 e. The lowest BCUT2D eigenvalue weighted by atomic mass is 10.2. The molecule has 0 amide bonds. The largest absolute Gasteiger partial charge is 0.272 e. The maximum atomic E-state index is 13.4. The molecule has 0 fully saturated rings. The van der Waals surface area contributed by atoms with E-state index < -0.39 is 29.2 Å². The van der Waals surface area contributed by atoms with Crippen LogP contribution in [0.2, 0.25) is 0 Å². The van der Waals surface area contributed by atoms with Crippen LogP contribution in [0.25, 0.3) is 6.08 Å². The van der Waals surface area contributed by atoms with Crippen LogP contribution in [0.5, 0.6) is 0 Å². The Hall–Kier alpha value is -3.56. The number of hydrogen-bond donors (Lipinski definition) is 1. The fourth-order valence-corrected chi connectivity index (χ4v) is 2.11. The number of pyridine rings is 1. The van der Waals surface area contributed by atoms with E-state index in [4.69, 9.17) is 0 Å². The van der Waals surface area contributed by atoms with Crippen LogP contribution < -0.4 is 5.43 Å². The van der Waals surface area contributed by atoms with Crippen molar-refractivity contribution < 1.29 is 17.6 Å². The van der Waals surface area contributed by atoms with Gasteiger partial charge >= 0.3 is 0 Å². The third-order valence-corrected chi connectivity index (χ3v) is 3.35. The van der Waals surface area contributed by atoms with Crippen molar-refractivity contribution in [1.29, 1.82) is 0 Å². The van der Waals surface area contributed by atoms with Crippen LogP contribution in [-0.4, -0.2) is 26.2 Å². The van der Waals surface area contributed by atoms with Crippen LogP contribution in [0.1, 0.15) is 11.3 Å². The highest BCUT2D eigenvalue weighted by molar-refractivity contribution is 5.78. The Labute approximate surface area is 150 Å². The summed E-state index contributed by atoms with van der Waals surface area (Å²) in [7, 11) is 0. The summed E-state index contributed by atoms with van der Waals surface area (Å²) < 4.78 is 54.3. The van der Waals surface area contributed by atoms with Gasteiger partial charge in [0.05, 0.1) is 12.7 Å². The number of aromatic nitrogens is 4. The van der Waals surface area contributed by atoms with Gasteiger partial charge in [-0.1, -0.05) is 35.5 Å². The summed E-state index contributed by atoms with van der Waals surface area (Å²) in [5.41, 5.74) is 2.41. The molecule has 0 saturated carbocycles. The highest BCUT2D eigenvalue weighted by Crippen LogP contribution is 2.21. The average molecular weight is 376 g/mol. The molecule has 0 spiro atoms. The Kier molecular flexibility index (Phi) is 5.55. The van der Waals surface area contributed by atoms with Gasteiger partial charge in [0, 0.05) is 6.21 Å². The molecule has 3 aromatic rings. The number of hydrazone groups is 1. The van der Waals surface area contributed by atoms with Crippen LogP contribution in [0.15, 0.2) is 47.7 Å². The molecular formula is C17H12F4N6. The van der Waals surface area contributed by atoms with Crippen molar-refractivity contribution >= 4 is 18.0 Å². The van der Waals surface area contributed by atoms with Crippen LogP contribution in [0.4, 0.5) is 23.2 Å². The monoisotopic (exact) mass is 376 g/mol. The number of halogens is 4. The van der Waals surface area contributed by atoms with Gasteiger partial charge in [-0.25, -0.2) is 4.68 Å². The molecule has 0 saturated heterocycles. The zero-order valence-electron chi connectivity index (χ0n) is 13.7. The summed E-state index contributed by atoms with van der Waals surface area (Å²) in [5.74, 6) is -6.87. The Morgan fingerprint density at radius 3 is 2.44 bits per heavy atom. The predicted molar refractivity (Wildman–Crippen MR) is 90.8 cm³/mol. The van der Waals surface area contributed by atoms with E-state index in [1.165, 1.54) is 6.08 Å². The molecule has 1 N–H and O–H groups in total. The molecule has 10 heteroatoms. The van der Waals surface area contributed by atoms with Gasteiger partial charge in [0.2, 0.25) is 11.6 Å². The lowest BCUT2D eigenvalue weighted by Gasteiger charge is -2.04. The van der Waals surface area contributed by atoms with E-state index in [1.807, 2.05) is 35.8 Å². The van der Waals surface area contributed by atoms with Gasteiger partial charge in [-0.3, -0.25) is 5.43 Å². The Morgan fingerprint density at radius 1 is 1.04 bits per heavy atom. The minimum absolute atomic E-state index is 0.524. The molecule has 0 aliphatic heterocycles.